The molecule has 0 radical (unpaired) electrons. The number of H-pyrrole nitrogens is 1. The highest BCUT2D eigenvalue weighted by Gasteiger charge is 2.34. The molecule has 1 fully saturated rings. The molecule has 3 N–H and O–H groups in total. The molecule has 0 aliphatic heterocycles. The first kappa shape index (κ1) is 16.8. The summed E-state index contributed by atoms with van der Waals surface area (Å²) in [6.45, 7) is 9.00. The minimum absolute atomic E-state index is 0.0411. The molecule has 0 aromatic carbocycles. The summed E-state index contributed by atoms with van der Waals surface area (Å²) >= 11 is 0. The molecule has 0 bridgehead atoms. The van der Waals surface area contributed by atoms with Crippen LogP contribution in [0.15, 0.2) is 6.20 Å². The van der Waals surface area contributed by atoms with Gasteiger partial charge < -0.3 is 15.4 Å². The molecule has 0 saturated heterocycles. The summed E-state index contributed by atoms with van der Waals surface area (Å²) in [5.41, 5.74) is 1.75. The molecule has 1 aliphatic carbocycles. The minimum atomic E-state index is -0.464. The molecule has 0 unspecified atom stereocenters. The Bertz CT molecular complexity index is 498. The normalized spacial score (nSPS) is 17.5. The van der Waals surface area contributed by atoms with Crippen LogP contribution in [0.1, 0.15) is 57.7 Å². The smallest absolute Gasteiger partial charge is 0.407 e. The number of alkyl carbamates (subject to hydrolysis) is 1. The lowest BCUT2D eigenvalue weighted by Crippen LogP contribution is -2.52. The lowest BCUT2D eigenvalue weighted by molar-refractivity contribution is 0.0509. The number of nitrogens with zero attached hydrogens (tertiary/aromatic N) is 1. The van der Waals surface area contributed by atoms with Gasteiger partial charge in [0.1, 0.15) is 5.60 Å². The van der Waals surface area contributed by atoms with E-state index >= 15 is 0 Å². The van der Waals surface area contributed by atoms with Gasteiger partial charge in [-0.05, 0) is 40.5 Å². The maximum Gasteiger partial charge on any atom is 0.407 e. The molecule has 1 aromatic rings. The second-order valence-electron chi connectivity index (χ2n) is 7.22. The van der Waals surface area contributed by atoms with E-state index < -0.39 is 5.60 Å². The zero-order valence-corrected chi connectivity index (χ0v) is 14.1. The van der Waals surface area contributed by atoms with Gasteiger partial charge in [0.2, 0.25) is 0 Å². The second-order valence-corrected chi connectivity index (χ2v) is 7.22. The maximum atomic E-state index is 11.9. The summed E-state index contributed by atoms with van der Waals surface area (Å²) in [4.78, 5) is 11.9. The third kappa shape index (κ3) is 4.73. The number of carbonyl (C=O) groups excluding carboxylic acids is 1. The standard InChI is InChI=1S/C16H28N4O2/c1-12-13(10-19-20-12)9-18-16(7-5-6-8-16)11-17-14(21)22-15(2,3)4/h10,18H,5-9,11H2,1-4H3,(H,17,21)(H,19,20). The summed E-state index contributed by atoms with van der Waals surface area (Å²) in [6.07, 6.45) is 6.02. The van der Waals surface area contributed by atoms with E-state index in [1.807, 2.05) is 33.9 Å². The SMILES string of the molecule is Cc1[nH]ncc1CNC1(CNC(=O)OC(C)(C)C)CCCC1. The van der Waals surface area contributed by atoms with Crippen molar-refractivity contribution < 1.29 is 9.53 Å². The summed E-state index contributed by atoms with van der Waals surface area (Å²) in [5.74, 6) is 0. The number of aromatic amines is 1. The topological polar surface area (TPSA) is 79.0 Å². The van der Waals surface area contributed by atoms with Crippen molar-refractivity contribution in [2.75, 3.05) is 6.54 Å². The Balaban J connectivity index is 1.88. The zero-order valence-electron chi connectivity index (χ0n) is 14.1. The average molecular weight is 308 g/mol. The Morgan fingerprint density at radius 2 is 2.09 bits per heavy atom. The van der Waals surface area contributed by atoms with Crippen LogP contribution in [0, 0.1) is 6.92 Å². The molecular formula is C16H28N4O2. The van der Waals surface area contributed by atoms with E-state index in [1.54, 1.807) is 0 Å². The fourth-order valence-corrected chi connectivity index (χ4v) is 2.86. The number of aromatic nitrogens is 2. The van der Waals surface area contributed by atoms with E-state index in [2.05, 4.69) is 20.8 Å². The van der Waals surface area contributed by atoms with Crippen LogP contribution in [-0.2, 0) is 11.3 Å². The third-order valence-corrected chi connectivity index (χ3v) is 4.12. The second kappa shape index (κ2) is 6.69. The van der Waals surface area contributed by atoms with E-state index in [0.717, 1.165) is 25.1 Å². The van der Waals surface area contributed by atoms with Crippen molar-refractivity contribution >= 4 is 6.09 Å². The highest BCUT2D eigenvalue weighted by Crippen LogP contribution is 2.29. The molecule has 124 valence electrons. The van der Waals surface area contributed by atoms with Crippen LogP contribution < -0.4 is 10.6 Å². The van der Waals surface area contributed by atoms with Gasteiger partial charge in [-0.15, -0.1) is 0 Å². The van der Waals surface area contributed by atoms with Gasteiger partial charge in [0.05, 0.1) is 6.20 Å². The van der Waals surface area contributed by atoms with Crippen LogP contribution in [-0.4, -0.2) is 34.0 Å². The van der Waals surface area contributed by atoms with E-state index in [9.17, 15) is 4.79 Å². The van der Waals surface area contributed by atoms with Gasteiger partial charge in [-0.25, -0.2) is 4.79 Å². The first-order chi connectivity index (χ1) is 10.3. The largest absolute Gasteiger partial charge is 0.444 e. The fourth-order valence-electron chi connectivity index (χ4n) is 2.86. The summed E-state index contributed by atoms with van der Waals surface area (Å²) in [7, 11) is 0. The van der Waals surface area contributed by atoms with Crippen LogP contribution in [0.4, 0.5) is 4.79 Å². The molecule has 2 rings (SSSR count). The van der Waals surface area contributed by atoms with Gasteiger partial charge in [0.25, 0.3) is 0 Å². The first-order valence-electron chi connectivity index (χ1n) is 8.00. The lowest BCUT2D eigenvalue weighted by atomic mass is 9.97. The number of hydrogen-bond acceptors (Lipinski definition) is 4. The van der Waals surface area contributed by atoms with Crippen LogP contribution >= 0.6 is 0 Å². The van der Waals surface area contributed by atoms with Crippen molar-refractivity contribution in [1.29, 1.82) is 0 Å². The molecule has 6 heteroatoms. The minimum Gasteiger partial charge on any atom is -0.444 e. The first-order valence-corrected chi connectivity index (χ1v) is 8.00. The fraction of sp³-hybridized carbons (Fsp3) is 0.750. The number of aryl methyl sites for hydroxylation is 1. The number of rotatable bonds is 5. The van der Waals surface area contributed by atoms with Crippen molar-refractivity contribution in [2.24, 2.45) is 0 Å². The van der Waals surface area contributed by atoms with E-state index in [1.165, 1.54) is 18.4 Å². The summed E-state index contributed by atoms with van der Waals surface area (Å²) in [5, 5.41) is 13.5. The molecule has 1 saturated carbocycles. The van der Waals surface area contributed by atoms with Crippen LogP contribution in [0.2, 0.25) is 0 Å². The van der Waals surface area contributed by atoms with Gasteiger partial charge in [0, 0.05) is 29.9 Å². The summed E-state index contributed by atoms with van der Waals surface area (Å²) < 4.78 is 5.32. The highest BCUT2D eigenvalue weighted by atomic mass is 16.6. The predicted molar refractivity (Wildman–Crippen MR) is 85.6 cm³/mol. The Hall–Kier alpha value is -1.56. The third-order valence-electron chi connectivity index (χ3n) is 4.12. The predicted octanol–water partition coefficient (Wildman–Crippen LogP) is 2.65. The Kier molecular flexibility index (Phi) is 5.11. The monoisotopic (exact) mass is 308 g/mol. The molecule has 1 aliphatic rings. The molecule has 1 aromatic heterocycles. The van der Waals surface area contributed by atoms with Gasteiger partial charge in [-0.3, -0.25) is 5.10 Å². The number of amides is 1. The Morgan fingerprint density at radius 3 is 2.64 bits per heavy atom. The van der Waals surface area contributed by atoms with Crippen molar-refractivity contribution in [3.05, 3.63) is 17.5 Å². The van der Waals surface area contributed by atoms with Crippen molar-refractivity contribution in [3.8, 4) is 0 Å². The van der Waals surface area contributed by atoms with Gasteiger partial charge in [-0.1, -0.05) is 12.8 Å². The van der Waals surface area contributed by atoms with Crippen LogP contribution in [0.25, 0.3) is 0 Å². The molecule has 0 spiro atoms. The van der Waals surface area contributed by atoms with Crippen LogP contribution in [0.3, 0.4) is 0 Å². The molecule has 22 heavy (non-hydrogen) atoms. The maximum absolute atomic E-state index is 11.9. The zero-order chi connectivity index (χ0) is 16.2. The lowest BCUT2D eigenvalue weighted by Gasteiger charge is -2.31. The Labute approximate surface area is 132 Å². The Morgan fingerprint density at radius 1 is 1.41 bits per heavy atom. The number of nitrogens with one attached hydrogen (secondary N) is 3. The van der Waals surface area contributed by atoms with E-state index in [0.29, 0.717) is 6.54 Å². The van der Waals surface area contributed by atoms with Crippen LogP contribution in [0.5, 0.6) is 0 Å². The summed E-state index contributed by atoms with van der Waals surface area (Å²) in [6, 6.07) is 0. The van der Waals surface area contributed by atoms with Crippen molar-refractivity contribution in [3.63, 3.8) is 0 Å². The van der Waals surface area contributed by atoms with Gasteiger partial charge in [0.15, 0.2) is 0 Å². The molecular weight excluding hydrogens is 280 g/mol. The van der Waals surface area contributed by atoms with Gasteiger partial charge in [-0.2, -0.15) is 5.10 Å². The molecule has 0 atom stereocenters. The van der Waals surface area contributed by atoms with Crippen molar-refractivity contribution in [2.45, 2.75) is 71.1 Å². The van der Waals surface area contributed by atoms with E-state index in [4.69, 9.17) is 4.74 Å². The molecule has 6 nitrogen and oxygen atoms in total. The average Bonchev–Trinajstić information content (AvgIpc) is 3.02. The van der Waals surface area contributed by atoms with Crippen molar-refractivity contribution in [1.82, 2.24) is 20.8 Å². The van der Waals surface area contributed by atoms with Gasteiger partial charge >= 0.3 is 6.09 Å². The molecule has 1 heterocycles. The number of carbonyl (C=O) groups is 1. The quantitative estimate of drug-likeness (QED) is 0.781. The highest BCUT2D eigenvalue weighted by molar-refractivity contribution is 5.67. The molecule has 1 amide bonds. The number of hydrogen-bond donors (Lipinski definition) is 3. The number of ether oxygens (including phenoxy) is 1. The van der Waals surface area contributed by atoms with E-state index in [-0.39, 0.29) is 11.6 Å².